The lowest BCUT2D eigenvalue weighted by Gasteiger charge is -2.31. The molecular weight excluding hydrogens is 376 g/mol. The average Bonchev–Trinajstić information content (AvgIpc) is 3.12. The number of hydrogen-bond donors (Lipinski definition) is 2. The minimum absolute atomic E-state index is 0.298. The van der Waals surface area contributed by atoms with Crippen LogP contribution in [0.25, 0.3) is 0 Å². The van der Waals surface area contributed by atoms with Crippen molar-refractivity contribution in [2.75, 3.05) is 11.2 Å². The molecule has 28 heavy (non-hydrogen) atoms. The summed E-state index contributed by atoms with van der Waals surface area (Å²) in [6.45, 7) is 5.41. The number of benzene rings is 1. The van der Waals surface area contributed by atoms with Gasteiger partial charge in [0.15, 0.2) is 0 Å². The molecule has 1 aromatic carbocycles. The Hall–Kier alpha value is -2.74. The Kier molecular flexibility index (Phi) is 6.08. The number of aromatic nitrogens is 1. The third kappa shape index (κ3) is 4.95. The molecule has 0 bridgehead atoms. The van der Waals surface area contributed by atoms with Crippen molar-refractivity contribution in [1.82, 2.24) is 15.3 Å². The number of anilines is 1. The molecule has 1 aromatic heterocycles. The van der Waals surface area contributed by atoms with Gasteiger partial charge < -0.3 is 4.74 Å². The number of nitrogens with zero attached hydrogens (tertiary/aromatic N) is 2. The summed E-state index contributed by atoms with van der Waals surface area (Å²) in [6, 6.07) is 12.3. The maximum Gasteiger partial charge on any atom is 0.412 e. The largest absolute Gasteiger partial charge is 0.444 e. The Labute approximate surface area is 168 Å². The smallest absolute Gasteiger partial charge is 0.412 e. The van der Waals surface area contributed by atoms with Gasteiger partial charge in [-0.3, -0.25) is 25.5 Å². The Morgan fingerprint density at radius 1 is 1.18 bits per heavy atom. The van der Waals surface area contributed by atoms with Crippen molar-refractivity contribution < 1.29 is 14.3 Å². The highest BCUT2D eigenvalue weighted by Crippen LogP contribution is 2.41. The Bertz CT molecular complexity index is 811. The third-order valence-corrected chi connectivity index (χ3v) is 5.30. The van der Waals surface area contributed by atoms with E-state index >= 15 is 0 Å². The number of nitrogens with one attached hydrogen (secondary N) is 2. The summed E-state index contributed by atoms with van der Waals surface area (Å²) in [6.07, 6.45) is 2.86. The predicted molar refractivity (Wildman–Crippen MR) is 110 cm³/mol. The van der Waals surface area contributed by atoms with Crippen LogP contribution in [-0.4, -0.2) is 39.3 Å². The van der Waals surface area contributed by atoms with Gasteiger partial charge in [0.25, 0.3) is 5.91 Å². The van der Waals surface area contributed by atoms with Crippen LogP contribution in [-0.2, 0) is 9.53 Å². The van der Waals surface area contributed by atoms with Crippen LogP contribution in [0.5, 0.6) is 0 Å². The number of pyridine rings is 1. The number of hydrazine groups is 1. The number of carbonyl (C=O) groups excluding carboxylic acids is 2. The summed E-state index contributed by atoms with van der Waals surface area (Å²) in [4.78, 5) is 31.4. The van der Waals surface area contributed by atoms with Gasteiger partial charge in [0.1, 0.15) is 17.0 Å². The highest BCUT2D eigenvalue weighted by molar-refractivity contribution is 7.99. The van der Waals surface area contributed by atoms with Crippen LogP contribution >= 0.6 is 11.8 Å². The van der Waals surface area contributed by atoms with Crippen LogP contribution in [0, 0.1) is 0 Å². The molecule has 0 saturated carbocycles. The second-order valence-electron chi connectivity index (χ2n) is 7.36. The van der Waals surface area contributed by atoms with E-state index in [-0.39, 0.29) is 11.3 Å². The molecule has 2 aromatic rings. The average molecular weight is 401 g/mol. The fourth-order valence-electron chi connectivity index (χ4n) is 2.76. The van der Waals surface area contributed by atoms with Gasteiger partial charge in [-0.15, -0.1) is 11.8 Å². The first kappa shape index (κ1) is 20.0. The molecule has 8 heteroatoms. The van der Waals surface area contributed by atoms with E-state index in [9.17, 15) is 9.59 Å². The second kappa shape index (κ2) is 8.52. The lowest BCUT2D eigenvalue weighted by atomic mass is 10.2. The molecule has 2 atom stereocenters. The predicted octanol–water partition coefficient (Wildman–Crippen LogP) is 3.58. The van der Waals surface area contributed by atoms with Gasteiger partial charge >= 0.3 is 6.09 Å². The lowest BCUT2D eigenvalue weighted by molar-refractivity contribution is -0.125. The molecule has 1 aliphatic heterocycles. The van der Waals surface area contributed by atoms with E-state index in [1.165, 1.54) is 16.7 Å². The Morgan fingerprint density at radius 2 is 1.93 bits per heavy atom. The van der Waals surface area contributed by atoms with Crippen molar-refractivity contribution in [3.05, 3.63) is 60.4 Å². The van der Waals surface area contributed by atoms with Gasteiger partial charge in [0, 0.05) is 23.7 Å². The van der Waals surface area contributed by atoms with E-state index in [4.69, 9.17) is 4.74 Å². The summed E-state index contributed by atoms with van der Waals surface area (Å²) in [7, 11) is 0. The van der Waals surface area contributed by atoms with Crippen molar-refractivity contribution >= 4 is 29.4 Å². The monoisotopic (exact) mass is 400 g/mol. The van der Waals surface area contributed by atoms with E-state index in [2.05, 4.69) is 15.8 Å². The highest BCUT2D eigenvalue weighted by Gasteiger charge is 2.44. The zero-order valence-corrected chi connectivity index (χ0v) is 16.9. The van der Waals surface area contributed by atoms with Crippen LogP contribution in [0.15, 0.2) is 54.9 Å². The maximum atomic E-state index is 12.9. The standard InChI is InChI=1S/C20H24N4O3S/c1-20(2,3)27-19(26)24-16(13-28-18(24)14-8-7-11-21-12-14)17(25)23-22-15-9-5-4-6-10-15/h4-12,16,18,22H,13H2,1-3H3,(H,23,25). The Balaban J connectivity index is 1.78. The molecule has 2 unspecified atom stereocenters. The summed E-state index contributed by atoms with van der Waals surface area (Å²) in [5.41, 5.74) is 6.53. The van der Waals surface area contributed by atoms with Crippen LogP contribution in [0.1, 0.15) is 31.7 Å². The quantitative estimate of drug-likeness (QED) is 0.764. The van der Waals surface area contributed by atoms with E-state index in [1.54, 1.807) is 33.2 Å². The number of amides is 2. The zero-order valence-electron chi connectivity index (χ0n) is 16.1. The van der Waals surface area contributed by atoms with E-state index in [0.717, 1.165) is 11.3 Å². The summed E-state index contributed by atoms with van der Waals surface area (Å²) >= 11 is 1.51. The number of thioether (sulfide) groups is 1. The zero-order chi connectivity index (χ0) is 20.1. The molecule has 0 radical (unpaired) electrons. The molecule has 2 heterocycles. The van der Waals surface area contributed by atoms with Crippen molar-refractivity contribution in [2.45, 2.75) is 37.8 Å². The van der Waals surface area contributed by atoms with Crippen molar-refractivity contribution in [3.8, 4) is 0 Å². The van der Waals surface area contributed by atoms with Crippen molar-refractivity contribution in [2.24, 2.45) is 0 Å². The number of hydrogen-bond acceptors (Lipinski definition) is 6. The fraction of sp³-hybridized carbons (Fsp3) is 0.350. The highest BCUT2D eigenvalue weighted by atomic mass is 32.2. The molecule has 1 saturated heterocycles. The van der Waals surface area contributed by atoms with Gasteiger partial charge in [-0.1, -0.05) is 24.3 Å². The van der Waals surface area contributed by atoms with Crippen LogP contribution < -0.4 is 10.9 Å². The number of rotatable bonds is 4. The molecular formula is C20H24N4O3S. The van der Waals surface area contributed by atoms with E-state index in [1.807, 2.05) is 42.5 Å². The molecule has 0 aliphatic carbocycles. The molecule has 2 N–H and O–H groups in total. The van der Waals surface area contributed by atoms with Crippen LogP contribution in [0.3, 0.4) is 0 Å². The minimum atomic E-state index is -0.665. The Morgan fingerprint density at radius 3 is 2.57 bits per heavy atom. The molecule has 7 nitrogen and oxygen atoms in total. The molecule has 1 fully saturated rings. The first-order chi connectivity index (χ1) is 13.3. The van der Waals surface area contributed by atoms with Gasteiger partial charge in [-0.2, -0.15) is 0 Å². The third-order valence-electron chi connectivity index (χ3n) is 3.98. The fourth-order valence-corrected chi connectivity index (χ4v) is 4.17. The van der Waals surface area contributed by atoms with E-state index in [0.29, 0.717) is 5.75 Å². The van der Waals surface area contributed by atoms with Gasteiger partial charge in [-0.25, -0.2) is 4.79 Å². The van der Waals surface area contributed by atoms with E-state index < -0.39 is 17.7 Å². The number of para-hydroxylation sites is 1. The summed E-state index contributed by atoms with van der Waals surface area (Å²) in [5, 5.41) is -0.337. The van der Waals surface area contributed by atoms with Crippen molar-refractivity contribution in [3.63, 3.8) is 0 Å². The first-order valence-corrected chi connectivity index (χ1v) is 10.0. The van der Waals surface area contributed by atoms with Crippen LogP contribution in [0.2, 0.25) is 0 Å². The SMILES string of the molecule is CC(C)(C)OC(=O)N1C(C(=O)NNc2ccccc2)CSC1c1cccnc1. The van der Waals surface area contributed by atoms with Gasteiger partial charge in [-0.05, 0) is 39.0 Å². The molecule has 2 amide bonds. The van der Waals surface area contributed by atoms with Crippen molar-refractivity contribution in [1.29, 1.82) is 0 Å². The number of carbonyl (C=O) groups is 2. The lowest BCUT2D eigenvalue weighted by Crippen LogP contribution is -2.50. The molecule has 1 aliphatic rings. The molecule has 148 valence electrons. The maximum absolute atomic E-state index is 12.9. The normalized spacial score (nSPS) is 19.2. The molecule has 3 rings (SSSR count). The number of ether oxygens (including phenoxy) is 1. The topological polar surface area (TPSA) is 83.6 Å². The summed E-state index contributed by atoms with van der Waals surface area (Å²) in [5.74, 6) is 0.162. The summed E-state index contributed by atoms with van der Waals surface area (Å²) < 4.78 is 5.57. The first-order valence-electron chi connectivity index (χ1n) is 8.99. The molecule has 0 spiro atoms. The van der Waals surface area contributed by atoms with Crippen LogP contribution in [0.4, 0.5) is 10.5 Å². The van der Waals surface area contributed by atoms with Gasteiger partial charge in [0.05, 0.1) is 5.69 Å². The second-order valence-corrected chi connectivity index (χ2v) is 8.47. The van der Waals surface area contributed by atoms with Gasteiger partial charge in [0.2, 0.25) is 0 Å². The minimum Gasteiger partial charge on any atom is -0.444 e.